The van der Waals surface area contributed by atoms with Gasteiger partial charge in [-0.1, -0.05) is 30.3 Å². The summed E-state index contributed by atoms with van der Waals surface area (Å²) in [6.07, 6.45) is 2.28. The molecule has 0 aliphatic carbocycles. The topological polar surface area (TPSA) is 42.0 Å². The first kappa shape index (κ1) is 19.3. The molecule has 1 atom stereocenters. The SMILES string of the molecule is COCC1CN(C(C)=O)CC12CCN(CCOCc1ccccc1)CC2. The fraction of sp³-hybridized carbons (Fsp3) is 0.667. The summed E-state index contributed by atoms with van der Waals surface area (Å²) in [6, 6.07) is 10.3. The van der Waals surface area contributed by atoms with E-state index in [1.54, 1.807) is 14.0 Å². The van der Waals surface area contributed by atoms with Crippen LogP contribution < -0.4 is 0 Å². The fourth-order valence-corrected chi connectivity index (χ4v) is 4.45. The zero-order valence-electron chi connectivity index (χ0n) is 16.2. The van der Waals surface area contributed by atoms with Crippen molar-refractivity contribution >= 4 is 5.91 Å². The van der Waals surface area contributed by atoms with Gasteiger partial charge in [-0.25, -0.2) is 0 Å². The minimum Gasteiger partial charge on any atom is -0.384 e. The van der Waals surface area contributed by atoms with E-state index in [0.29, 0.717) is 12.5 Å². The van der Waals surface area contributed by atoms with Crippen molar-refractivity contribution < 1.29 is 14.3 Å². The van der Waals surface area contributed by atoms with Crippen LogP contribution in [0.3, 0.4) is 0 Å². The van der Waals surface area contributed by atoms with Gasteiger partial charge in [-0.2, -0.15) is 0 Å². The van der Waals surface area contributed by atoms with Gasteiger partial charge in [0, 0.05) is 39.6 Å². The molecule has 0 bridgehead atoms. The Hall–Kier alpha value is -1.43. The van der Waals surface area contributed by atoms with Crippen molar-refractivity contribution in [2.45, 2.75) is 26.4 Å². The molecule has 0 N–H and O–H groups in total. The number of piperidine rings is 1. The summed E-state index contributed by atoms with van der Waals surface area (Å²) in [6.45, 7) is 8.78. The number of amides is 1. The van der Waals surface area contributed by atoms with Gasteiger partial charge < -0.3 is 19.3 Å². The average Bonchev–Trinajstić information content (AvgIpc) is 3.00. The highest BCUT2D eigenvalue weighted by molar-refractivity contribution is 5.73. The molecule has 26 heavy (non-hydrogen) atoms. The molecule has 1 aromatic carbocycles. The number of methoxy groups -OCH3 is 1. The lowest BCUT2D eigenvalue weighted by atomic mass is 9.71. The Bertz CT molecular complexity index is 570. The minimum absolute atomic E-state index is 0.194. The molecule has 1 amide bonds. The van der Waals surface area contributed by atoms with Gasteiger partial charge in [0.25, 0.3) is 0 Å². The van der Waals surface area contributed by atoms with Gasteiger partial charge in [0.1, 0.15) is 0 Å². The molecule has 3 rings (SSSR count). The van der Waals surface area contributed by atoms with Crippen LogP contribution in [0.15, 0.2) is 30.3 Å². The van der Waals surface area contributed by atoms with Gasteiger partial charge in [0.05, 0.1) is 19.8 Å². The zero-order chi connectivity index (χ0) is 18.4. The summed E-state index contributed by atoms with van der Waals surface area (Å²) in [5.41, 5.74) is 1.46. The van der Waals surface area contributed by atoms with E-state index >= 15 is 0 Å². The second-order valence-electron chi connectivity index (χ2n) is 7.79. The maximum Gasteiger partial charge on any atom is 0.219 e. The van der Waals surface area contributed by atoms with Crippen LogP contribution in [-0.2, 0) is 20.9 Å². The molecule has 5 nitrogen and oxygen atoms in total. The maximum atomic E-state index is 11.8. The number of nitrogens with zero attached hydrogens (tertiary/aromatic N) is 2. The largest absolute Gasteiger partial charge is 0.384 e. The smallest absolute Gasteiger partial charge is 0.219 e. The summed E-state index contributed by atoms with van der Waals surface area (Å²) in [4.78, 5) is 16.3. The van der Waals surface area contributed by atoms with Crippen molar-refractivity contribution in [1.29, 1.82) is 0 Å². The van der Waals surface area contributed by atoms with Crippen LogP contribution in [0.25, 0.3) is 0 Å². The molecule has 2 fully saturated rings. The standard InChI is InChI=1S/C21H32N2O3/c1-18(24)23-14-20(16-25-2)21(17-23)8-10-22(11-9-21)12-13-26-15-19-6-4-3-5-7-19/h3-7,20H,8-17H2,1-2H3. The van der Waals surface area contributed by atoms with E-state index in [2.05, 4.69) is 17.0 Å². The highest BCUT2D eigenvalue weighted by Gasteiger charge is 2.48. The summed E-state index contributed by atoms with van der Waals surface area (Å²) in [5.74, 6) is 0.660. The van der Waals surface area contributed by atoms with Crippen molar-refractivity contribution in [3.63, 3.8) is 0 Å². The first-order valence-electron chi connectivity index (χ1n) is 9.71. The molecule has 0 radical (unpaired) electrons. The third-order valence-electron chi connectivity index (χ3n) is 6.14. The van der Waals surface area contributed by atoms with E-state index in [9.17, 15) is 4.79 Å². The van der Waals surface area contributed by atoms with Crippen LogP contribution in [0.4, 0.5) is 0 Å². The van der Waals surface area contributed by atoms with Gasteiger partial charge in [0.15, 0.2) is 0 Å². The summed E-state index contributed by atoms with van der Waals surface area (Å²) in [7, 11) is 1.77. The molecule has 0 aromatic heterocycles. The Balaban J connectivity index is 1.43. The average molecular weight is 360 g/mol. The number of ether oxygens (including phenoxy) is 2. The molecule has 2 aliphatic rings. The molecule has 5 heteroatoms. The molecule has 2 saturated heterocycles. The van der Waals surface area contributed by atoms with Crippen LogP contribution in [0.2, 0.25) is 0 Å². The minimum atomic E-state index is 0.194. The van der Waals surface area contributed by atoms with Crippen molar-refractivity contribution in [3.05, 3.63) is 35.9 Å². The number of benzene rings is 1. The maximum absolute atomic E-state index is 11.8. The molecule has 1 aromatic rings. The first-order chi connectivity index (χ1) is 12.6. The zero-order valence-corrected chi connectivity index (χ0v) is 16.2. The lowest BCUT2D eigenvalue weighted by molar-refractivity contribution is -0.128. The Morgan fingerprint density at radius 1 is 1.23 bits per heavy atom. The van der Waals surface area contributed by atoms with E-state index in [0.717, 1.165) is 58.8 Å². The molecule has 2 heterocycles. The highest BCUT2D eigenvalue weighted by Crippen LogP contribution is 2.44. The lowest BCUT2D eigenvalue weighted by Gasteiger charge is -2.42. The molecular weight excluding hydrogens is 328 g/mol. The number of hydrogen-bond acceptors (Lipinski definition) is 4. The quantitative estimate of drug-likeness (QED) is 0.701. The highest BCUT2D eigenvalue weighted by atomic mass is 16.5. The molecule has 1 unspecified atom stereocenters. The van der Waals surface area contributed by atoms with Crippen LogP contribution in [0.1, 0.15) is 25.3 Å². The Morgan fingerprint density at radius 2 is 1.96 bits per heavy atom. The second kappa shape index (κ2) is 8.98. The number of carbonyl (C=O) groups excluding carboxylic acids is 1. The predicted molar refractivity (Wildman–Crippen MR) is 102 cm³/mol. The third kappa shape index (κ3) is 4.64. The number of likely N-dealkylation sites (tertiary alicyclic amines) is 2. The van der Waals surface area contributed by atoms with E-state index in [1.807, 2.05) is 23.1 Å². The summed E-state index contributed by atoms with van der Waals surface area (Å²) >= 11 is 0. The van der Waals surface area contributed by atoms with Crippen LogP contribution >= 0.6 is 0 Å². The van der Waals surface area contributed by atoms with Gasteiger partial charge in [-0.05, 0) is 36.9 Å². The van der Waals surface area contributed by atoms with E-state index in [-0.39, 0.29) is 11.3 Å². The van der Waals surface area contributed by atoms with Gasteiger partial charge in [-0.3, -0.25) is 4.79 Å². The molecule has 144 valence electrons. The van der Waals surface area contributed by atoms with Crippen LogP contribution in [0, 0.1) is 11.3 Å². The van der Waals surface area contributed by atoms with Crippen molar-refractivity contribution in [3.8, 4) is 0 Å². The van der Waals surface area contributed by atoms with Crippen LogP contribution in [0.5, 0.6) is 0 Å². The number of hydrogen-bond donors (Lipinski definition) is 0. The van der Waals surface area contributed by atoms with Gasteiger partial charge in [-0.15, -0.1) is 0 Å². The molecule has 0 saturated carbocycles. The van der Waals surface area contributed by atoms with Crippen LogP contribution in [-0.4, -0.2) is 68.8 Å². The van der Waals surface area contributed by atoms with E-state index in [4.69, 9.17) is 9.47 Å². The molecular formula is C21H32N2O3. The summed E-state index contributed by atoms with van der Waals surface area (Å²) in [5, 5.41) is 0. The first-order valence-corrected chi connectivity index (χ1v) is 9.71. The van der Waals surface area contributed by atoms with Gasteiger partial charge >= 0.3 is 0 Å². The van der Waals surface area contributed by atoms with Crippen molar-refractivity contribution in [2.24, 2.45) is 11.3 Å². The summed E-state index contributed by atoms with van der Waals surface area (Å²) < 4.78 is 11.3. The molecule has 1 spiro atoms. The number of carbonyl (C=O) groups is 1. The van der Waals surface area contributed by atoms with Crippen molar-refractivity contribution in [1.82, 2.24) is 9.80 Å². The predicted octanol–water partition coefficient (Wildman–Crippen LogP) is 2.41. The van der Waals surface area contributed by atoms with E-state index < -0.39 is 0 Å². The second-order valence-corrected chi connectivity index (χ2v) is 7.79. The third-order valence-corrected chi connectivity index (χ3v) is 6.14. The number of rotatable bonds is 7. The lowest BCUT2D eigenvalue weighted by Crippen LogP contribution is -2.46. The normalized spacial score (nSPS) is 22.8. The molecule has 2 aliphatic heterocycles. The fourth-order valence-electron chi connectivity index (χ4n) is 4.45. The Morgan fingerprint density at radius 3 is 2.62 bits per heavy atom. The van der Waals surface area contributed by atoms with E-state index in [1.165, 1.54) is 5.56 Å². The van der Waals surface area contributed by atoms with Crippen molar-refractivity contribution in [2.75, 3.05) is 53.0 Å². The Kier molecular flexibility index (Phi) is 6.68. The van der Waals surface area contributed by atoms with Gasteiger partial charge in [0.2, 0.25) is 5.91 Å². The Labute approximate surface area is 157 Å². The monoisotopic (exact) mass is 360 g/mol.